The van der Waals surface area contributed by atoms with Crippen molar-refractivity contribution in [2.45, 2.75) is 44.7 Å². The number of ether oxygens (including phenoxy) is 1. The van der Waals surface area contributed by atoms with Crippen molar-refractivity contribution < 1.29 is 14.3 Å². The highest BCUT2D eigenvalue weighted by molar-refractivity contribution is 5.89. The zero-order valence-electron chi connectivity index (χ0n) is 14.7. The SMILES string of the molecule is CC[C@@H]1CN(C(=O)[C@H]2CC(=O)N(C3CC3)C2)C[C@H]1N1CCOCC1. The molecule has 1 aliphatic carbocycles. The Morgan fingerprint density at radius 1 is 1.17 bits per heavy atom. The molecular weight excluding hydrogens is 306 g/mol. The number of carbonyl (C=O) groups is 2. The third-order valence-corrected chi connectivity index (χ3v) is 6.25. The molecule has 0 N–H and O–H groups in total. The van der Waals surface area contributed by atoms with E-state index < -0.39 is 0 Å². The summed E-state index contributed by atoms with van der Waals surface area (Å²) in [7, 11) is 0. The summed E-state index contributed by atoms with van der Waals surface area (Å²) in [6, 6.07) is 0.887. The maximum atomic E-state index is 13.0. The monoisotopic (exact) mass is 335 g/mol. The molecular formula is C18H29N3O3. The summed E-state index contributed by atoms with van der Waals surface area (Å²) in [5.74, 6) is 0.829. The molecule has 0 spiro atoms. The Bertz CT molecular complexity index is 502. The molecule has 0 aromatic heterocycles. The average Bonchev–Trinajstić information content (AvgIpc) is 3.24. The average molecular weight is 335 g/mol. The smallest absolute Gasteiger partial charge is 0.228 e. The molecule has 4 aliphatic rings. The molecule has 3 atom stereocenters. The molecule has 3 heterocycles. The van der Waals surface area contributed by atoms with E-state index in [1.54, 1.807) is 0 Å². The van der Waals surface area contributed by atoms with Crippen LogP contribution in [0.2, 0.25) is 0 Å². The van der Waals surface area contributed by atoms with Crippen LogP contribution in [0.5, 0.6) is 0 Å². The first-order valence-electron chi connectivity index (χ1n) is 9.57. The zero-order chi connectivity index (χ0) is 16.7. The van der Waals surface area contributed by atoms with E-state index in [4.69, 9.17) is 4.74 Å². The lowest BCUT2D eigenvalue weighted by atomic mass is 9.99. The Hall–Kier alpha value is -1.14. The van der Waals surface area contributed by atoms with Gasteiger partial charge < -0.3 is 14.5 Å². The minimum atomic E-state index is -0.112. The number of amides is 2. The van der Waals surface area contributed by atoms with Crippen molar-refractivity contribution in [3.63, 3.8) is 0 Å². The number of carbonyl (C=O) groups excluding carboxylic acids is 2. The molecule has 4 fully saturated rings. The number of morpholine rings is 1. The molecule has 3 saturated heterocycles. The van der Waals surface area contributed by atoms with Gasteiger partial charge in [0, 0.05) is 51.2 Å². The van der Waals surface area contributed by atoms with Crippen LogP contribution in [0.15, 0.2) is 0 Å². The molecule has 1 saturated carbocycles. The number of nitrogens with zero attached hydrogens (tertiary/aromatic N) is 3. The fraction of sp³-hybridized carbons (Fsp3) is 0.889. The van der Waals surface area contributed by atoms with Gasteiger partial charge in [-0.05, 0) is 18.8 Å². The van der Waals surface area contributed by atoms with Gasteiger partial charge in [-0.15, -0.1) is 0 Å². The molecule has 6 heteroatoms. The first-order valence-corrected chi connectivity index (χ1v) is 9.57. The summed E-state index contributed by atoms with van der Waals surface area (Å²) in [6.45, 7) is 8.10. The first kappa shape index (κ1) is 16.3. The van der Waals surface area contributed by atoms with Crippen molar-refractivity contribution in [2.75, 3.05) is 45.9 Å². The Morgan fingerprint density at radius 2 is 1.92 bits per heavy atom. The Kier molecular flexibility index (Phi) is 4.52. The molecule has 134 valence electrons. The highest BCUT2D eigenvalue weighted by atomic mass is 16.5. The quantitative estimate of drug-likeness (QED) is 0.754. The van der Waals surface area contributed by atoms with Gasteiger partial charge in [0.25, 0.3) is 0 Å². The maximum absolute atomic E-state index is 13.0. The Morgan fingerprint density at radius 3 is 2.58 bits per heavy atom. The third kappa shape index (κ3) is 3.06. The summed E-state index contributed by atoms with van der Waals surface area (Å²) in [4.78, 5) is 31.6. The zero-order valence-corrected chi connectivity index (χ0v) is 14.7. The van der Waals surface area contributed by atoms with Gasteiger partial charge in [-0.1, -0.05) is 13.3 Å². The van der Waals surface area contributed by atoms with Crippen LogP contribution in [0.3, 0.4) is 0 Å². The number of hydrogen-bond acceptors (Lipinski definition) is 4. The lowest BCUT2D eigenvalue weighted by Gasteiger charge is -2.34. The van der Waals surface area contributed by atoms with Gasteiger partial charge in [0.15, 0.2) is 0 Å². The fourth-order valence-corrected chi connectivity index (χ4v) is 4.65. The lowest BCUT2D eigenvalue weighted by Crippen LogP contribution is -2.47. The van der Waals surface area contributed by atoms with Crippen molar-refractivity contribution in [3.05, 3.63) is 0 Å². The lowest BCUT2D eigenvalue weighted by molar-refractivity contribution is -0.135. The van der Waals surface area contributed by atoms with E-state index in [0.29, 0.717) is 31.0 Å². The molecule has 0 aromatic carbocycles. The number of hydrogen-bond donors (Lipinski definition) is 0. The van der Waals surface area contributed by atoms with E-state index in [2.05, 4.69) is 11.8 Å². The predicted octanol–water partition coefficient (Wildman–Crippen LogP) is 0.567. The minimum Gasteiger partial charge on any atom is -0.379 e. The maximum Gasteiger partial charge on any atom is 0.228 e. The standard InChI is InChI=1S/C18H29N3O3/c1-2-13-10-20(12-16(13)19-5-7-24-8-6-19)18(23)14-9-17(22)21(11-14)15-3-4-15/h13-16H,2-12H2,1H3/t13-,14+,16-/m1/s1. The van der Waals surface area contributed by atoms with Crippen molar-refractivity contribution in [1.82, 2.24) is 14.7 Å². The van der Waals surface area contributed by atoms with E-state index in [9.17, 15) is 9.59 Å². The van der Waals surface area contributed by atoms with Gasteiger partial charge in [-0.2, -0.15) is 0 Å². The highest BCUT2D eigenvalue weighted by Crippen LogP contribution is 2.34. The topological polar surface area (TPSA) is 53.1 Å². The number of rotatable bonds is 4. The third-order valence-electron chi connectivity index (χ3n) is 6.25. The van der Waals surface area contributed by atoms with Crippen LogP contribution in [-0.4, -0.2) is 84.5 Å². The summed E-state index contributed by atoms with van der Waals surface area (Å²) in [5.41, 5.74) is 0. The molecule has 3 aliphatic heterocycles. The van der Waals surface area contributed by atoms with Gasteiger partial charge in [-0.3, -0.25) is 14.5 Å². The van der Waals surface area contributed by atoms with Crippen LogP contribution in [0.4, 0.5) is 0 Å². The minimum absolute atomic E-state index is 0.112. The van der Waals surface area contributed by atoms with E-state index >= 15 is 0 Å². The molecule has 0 unspecified atom stereocenters. The summed E-state index contributed by atoms with van der Waals surface area (Å²) < 4.78 is 5.47. The van der Waals surface area contributed by atoms with Crippen molar-refractivity contribution in [3.8, 4) is 0 Å². The molecule has 0 aromatic rings. The second-order valence-electron chi connectivity index (χ2n) is 7.81. The van der Waals surface area contributed by atoms with Gasteiger partial charge in [0.05, 0.1) is 19.1 Å². The van der Waals surface area contributed by atoms with Crippen LogP contribution in [0, 0.1) is 11.8 Å². The molecule has 0 radical (unpaired) electrons. The first-order chi connectivity index (χ1) is 11.7. The molecule has 24 heavy (non-hydrogen) atoms. The van der Waals surface area contributed by atoms with Crippen LogP contribution in [-0.2, 0) is 14.3 Å². The molecule has 0 bridgehead atoms. The second kappa shape index (κ2) is 6.64. The van der Waals surface area contributed by atoms with Crippen LogP contribution in [0.25, 0.3) is 0 Å². The van der Waals surface area contributed by atoms with Crippen molar-refractivity contribution in [1.29, 1.82) is 0 Å². The van der Waals surface area contributed by atoms with E-state index in [-0.39, 0.29) is 17.7 Å². The second-order valence-corrected chi connectivity index (χ2v) is 7.81. The summed E-state index contributed by atoms with van der Waals surface area (Å²) in [6.07, 6.45) is 3.76. The molecule has 4 rings (SSSR count). The predicted molar refractivity (Wildman–Crippen MR) is 89.4 cm³/mol. The van der Waals surface area contributed by atoms with Crippen molar-refractivity contribution >= 4 is 11.8 Å². The van der Waals surface area contributed by atoms with Crippen molar-refractivity contribution in [2.24, 2.45) is 11.8 Å². The van der Waals surface area contributed by atoms with Gasteiger partial charge >= 0.3 is 0 Å². The largest absolute Gasteiger partial charge is 0.379 e. The normalized spacial score (nSPS) is 35.0. The summed E-state index contributed by atoms with van der Waals surface area (Å²) in [5, 5.41) is 0. The van der Waals surface area contributed by atoms with Crippen LogP contribution < -0.4 is 0 Å². The van der Waals surface area contributed by atoms with E-state index in [0.717, 1.165) is 58.7 Å². The van der Waals surface area contributed by atoms with Gasteiger partial charge in [0.1, 0.15) is 0 Å². The Balaban J connectivity index is 1.39. The van der Waals surface area contributed by atoms with E-state index in [1.165, 1.54) is 0 Å². The van der Waals surface area contributed by atoms with Gasteiger partial charge in [-0.25, -0.2) is 0 Å². The van der Waals surface area contributed by atoms with Gasteiger partial charge in [0.2, 0.25) is 11.8 Å². The fourth-order valence-electron chi connectivity index (χ4n) is 4.65. The van der Waals surface area contributed by atoms with E-state index in [1.807, 2.05) is 9.80 Å². The highest BCUT2D eigenvalue weighted by Gasteiger charge is 2.45. The van der Waals surface area contributed by atoms with Crippen LogP contribution in [0.1, 0.15) is 32.6 Å². The van der Waals surface area contributed by atoms with Crippen LogP contribution >= 0.6 is 0 Å². The molecule has 6 nitrogen and oxygen atoms in total. The molecule has 2 amide bonds. The summed E-state index contributed by atoms with van der Waals surface area (Å²) >= 11 is 0. The Labute approximate surface area is 144 Å². The number of likely N-dealkylation sites (tertiary alicyclic amines) is 2.